The molecule has 138 valence electrons. The molecule has 2 amide bonds. The Labute approximate surface area is 153 Å². The number of amides is 2. The van der Waals surface area contributed by atoms with Crippen LogP contribution >= 0.6 is 0 Å². The summed E-state index contributed by atoms with van der Waals surface area (Å²) in [6, 6.07) is 14.9. The van der Waals surface area contributed by atoms with Gasteiger partial charge in [-0.3, -0.25) is 14.5 Å². The molecule has 0 aliphatic heterocycles. The summed E-state index contributed by atoms with van der Waals surface area (Å²) in [6.45, 7) is 2.15. The maximum absolute atomic E-state index is 13.3. The molecule has 1 unspecified atom stereocenters. The normalized spacial score (nSPS) is 11.9. The molecule has 2 aromatic rings. The number of rotatable bonds is 7. The molecule has 0 saturated heterocycles. The molecule has 26 heavy (non-hydrogen) atoms. The highest BCUT2D eigenvalue weighted by Gasteiger charge is 2.23. The van der Waals surface area contributed by atoms with Crippen LogP contribution in [0.4, 0.5) is 10.1 Å². The molecule has 2 aromatic carbocycles. The van der Waals surface area contributed by atoms with Gasteiger partial charge >= 0.3 is 0 Å². The summed E-state index contributed by atoms with van der Waals surface area (Å²) >= 11 is 0. The van der Waals surface area contributed by atoms with E-state index in [1.807, 2.05) is 18.2 Å². The Balaban J connectivity index is 1.88. The average molecular weight is 357 g/mol. The third-order valence-corrected chi connectivity index (χ3v) is 4.15. The smallest absolute Gasteiger partial charge is 0.239 e. The molecule has 0 fully saturated rings. The van der Waals surface area contributed by atoms with Gasteiger partial charge in [-0.1, -0.05) is 30.3 Å². The number of carbonyl (C=O) groups excluding carboxylic acids is 2. The number of hydrogen-bond donors (Lipinski definition) is 1. The van der Waals surface area contributed by atoms with E-state index in [0.29, 0.717) is 12.2 Å². The van der Waals surface area contributed by atoms with Crippen LogP contribution in [0.15, 0.2) is 54.6 Å². The largest absolute Gasteiger partial charge is 0.340 e. The molecule has 0 aromatic heterocycles. The van der Waals surface area contributed by atoms with Gasteiger partial charge in [0.25, 0.3) is 0 Å². The van der Waals surface area contributed by atoms with Crippen molar-refractivity contribution in [2.24, 2.45) is 0 Å². The Hall–Kier alpha value is -2.73. The minimum absolute atomic E-state index is 0.0929. The highest BCUT2D eigenvalue weighted by molar-refractivity contribution is 5.92. The predicted molar refractivity (Wildman–Crippen MR) is 100 cm³/mol. The molecular formula is C20H24FN3O2. The third kappa shape index (κ3) is 5.67. The lowest BCUT2D eigenvalue weighted by Crippen LogP contribution is -2.46. The van der Waals surface area contributed by atoms with Crippen molar-refractivity contribution in [3.8, 4) is 0 Å². The van der Waals surface area contributed by atoms with Crippen LogP contribution in [0.3, 0.4) is 0 Å². The van der Waals surface area contributed by atoms with Gasteiger partial charge in [-0.05, 0) is 43.8 Å². The molecule has 1 N–H and O–H groups in total. The van der Waals surface area contributed by atoms with E-state index in [1.54, 1.807) is 50.2 Å². The van der Waals surface area contributed by atoms with Crippen molar-refractivity contribution in [3.63, 3.8) is 0 Å². The molecule has 2 rings (SSSR count). The molecular weight excluding hydrogens is 333 g/mol. The standard InChI is InChI=1S/C20H24FN3O2/c1-15(20(26)24(3)13-16-8-7-9-17(21)12-16)23(2)14-19(25)22-18-10-5-4-6-11-18/h4-12,15H,13-14H2,1-3H3,(H,22,25). The topological polar surface area (TPSA) is 52.7 Å². The maximum atomic E-state index is 13.3. The SMILES string of the molecule is CC(C(=O)N(C)Cc1cccc(F)c1)N(C)CC(=O)Nc1ccccc1. The van der Waals surface area contributed by atoms with E-state index in [9.17, 15) is 14.0 Å². The first-order valence-corrected chi connectivity index (χ1v) is 8.41. The Kier molecular flexibility index (Phi) is 6.86. The Bertz CT molecular complexity index is 752. The lowest BCUT2D eigenvalue weighted by Gasteiger charge is -2.27. The number of likely N-dealkylation sites (N-methyl/N-ethyl adjacent to an activating group) is 2. The molecule has 0 aliphatic rings. The van der Waals surface area contributed by atoms with Crippen molar-refractivity contribution >= 4 is 17.5 Å². The van der Waals surface area contributed by atoms with Crippen molar-refractivity contribution < 1.29 is 14.0 Å². The number of carbonyl (C=O) groups is 2. The second-order valence-electron chi connectivity index (χ2n) is 6.33. The molecule has 0 heterocycles. The third-order valence-electron chi connectivity index (χ3n) is 4.15. The van der Waals surface area contributed by atoms with Gasteiger partial charge in [-0.25, -0.2) is 4.39 Å². The molecule has 1 atom stereocenters. The van der Waals surface area contributed by atoms with Crippen LogP contribution in [-0.2, 0) is 16.1 Å². The van der Waals surface area contributed by atoms with Crippen LogP contribution in [0.1, 0.15) is 12.5 Å². The monoisotopic (exact) mass is 357 g/mol. The fourth-order valence-corrected chi connectivity index (χ4v) is 2.58. The minimum Gasteiger partial charge on any atom is -0.340 e. The van der Waals surface area contributed by atoms with E-state index in [0.717, 1.165) is 5.56 Å². The zero-order chi connectivity index (χ0) is 19.1. The predicted octanol–water partition coefficient (Wildman–Crippen LogP) is 2.74. The van der Waals surface area contributed by atoms with Gasteiger partial charge in [0, 0.05) is 19.3 Å². The van der Waals surface area contributed by atoms with Crippen molar-refractivity contribution in [3.05, 3.63) is 66.0 Å². The molecule has 0 radical (unpaired) electrons. The Morgan fingerprint density at radius 1 is 1.08 bits per heavy atom. The molecule has 0 aliphatic carbocycles. The molecule has 6 heteroatoms. The van der Waals surface area contributed by atoms with Gasteiger partial charge < -0.3 is 10.2 Å². The quantitative estimate of drug-likeness (QED) is 0.829. The van der Waals surface area contributed by atoms with Crippen molar-refractivity contribution in [1.29, 1.82) is 0 Å². The van der Waals surface area contributed by atoms with E-state index in [1.165, 1.54) is 17.0 Å². The summed E-state index contributed by atoms with van der Waals surface area (Å²) in [6.07, 6.45) is 0. The first kappa shape index (κ1) is 19.6. The van der Waals surface area contributed by atoms with Gasteiger partial charge in [0.05, 0.1) is 12.6 Å². The Morgan fingerprint density at radius 2 is 1.77 bits per heavy atom. The zero-order valence-electron chi connectivity index (χ0n) is 15.3. The highest BCUT2D eigenvalue weighted by atomic mass is 19.1. The molecule has 0 spiro atoms. The minimum atomic E-state index is -0.477. The number of para-hydroxylation sites is 1. The first-order valence-electron chi connectivity index (χ1n) is 8.41. The van der Waals surface area contributed by atoms with Crippen LogP contribution in [0.5, 0.6) is 0 Å². The summed E-state index contributed by atoms with van der Waals surface area (Å²) in [5.74, 6) is -0.651. The zero-order valence-corrected chi connectivity index (χ0v) is 15.3. The second-order valence-corrected chi connectivity index (χ2v) is 6.33. The summed E-state index contributed by atoms with van der Waals surface area (Å²) in [5, 5.41) is 2.79. The summed E-state index contributed by atoms with van der Waals surface area (Å²) in [7, 11) is 3.39. The average Bonchev–Trinajstić information content (AvgIpc) is 2.61. The number of nitrogens with one attached hydrogen (secondary N) is 1. The fraction of sp³-hybridized carbons (Fsp3) is 0.300. The van der Waals surface area contributed by atoms with Crippen LogP contribution in [-0.4, -0.2) is 48.3 Å². The van der Waals surface area contributed by atoms with Gasteiger partial charge in [-0.2, -0.15) is 0 Å². The van der Waals surface area contributed by atoms with Gasteiger partial charge in [-0.15, -0.1) is 0 Å². The Morgan fingerprint density at radius 3 is 2.42 bits per heavy atom. The molecule has 0 bridgehead atoms. The van der Waals surface area contributed by atoms with E-state index < -0.39 is 6.04 Å². The van der Waals surface area contributed by atoms with Crippen LogP contribution in [0, 0.1) is 5.82 Å². The lowest BCUT2D eigenvalue weighted by molar-refractivity contribution is -0.135. The van der Waals surface area contributed by atoms with E-state index in [2.05, 4.69) is 5.32 Å². The van der Waals surface area contributed by atoms with Crippen molar-refractivity contribution in [1.82, 2.24) is 9.80 Å². The van der Waals surface area contributed by atoms with Crippen LogP contribution in [0.2, 0.25) is 0 Å². The lowest BCUT2D eigenvalue weighted by atomic mass is 10.2. The number of anilines is 1. The van der Waals surface area contributed by atoms with Gasteiger partial charge in [0.2, 0.25) is 11.8 Å². The number of nitrogens with zero attached hydrogens (tertiary/aromatic N) is 2. The highest BCUT2D eigenvalue weighted by Crippen LogP contribution is 2.09. The number of halogens is 1. The summed E-state index contributed by atoms with van der Waals surface area (Å²) < 4.78 is 13.3. The van der Waals surface area contributed by atoms with E-state index in [4.69, 9.17) is 0 Å². The fourth-order valence-electron chi connectivity index (χ4n) is 2.58. The first-order chi connectivity index (χ1) is 12.4. The maximum Gasteiger partial charge on any atom is 0.239 e. The van der Waals surface area contributed by atoms with Crippen molar-refractivity contribution in [2.45, 2.75) is 19.5 Å². The van der Waals surface area contributed by atoms with E-state index in [-0.39, 0.29) is 24.2 Å². The number of hydrogen-bond acceptors (Lipinski definition) is 3. The molecule has 5 nitrogen and oxygen atoms in total. The second kappa shape index (κ2) is 9.10. The van der Waals surface area contributed by atoms with Gasteiger partial charge in [0.15, 0.2) is 0 Å². The van der Waals surface area contributed by atoms with Crippen LogP contribution < -0.4 is 5.32 Å². The van der Waals surface area contributed by atoms with E-state index >= 15 is 0 Å². The number of benzene rings is 2. The van der Waals surface area contributed by atoms with Crippen LogP contribution in [0.25, 0.3) is 0 Å². The van der Waals surface area contributed by atoms with Crippen molar-refractivity contribution in [2.75, 3.05) is 26.0 Å². The summed E-state index contributed by atoms with van der Waals surface area (Å²) in [5.41, 5.74) is 1.44. The molecule has 0 saturated carbocycles. The summed E-state index contributed by atoms with van der Waals surface area (Å²) in [4.78, 5) is 27.9. The van der Waals surface area contributed by atoms with Gasteiger partial charge in [0.1, 0.15) is 5.82 Å².